The number of rotatable bonds is 12. The van der Waals surface area contributed by atoms with Crippen LogP contribution in [0.15, 0.2) is 0 Å². The average molecular weight is 401 g/mol. The lowest BCUT2D eigenvalue weighted by atomic mass is 10.1. The molecule has 0 fully saturated rings. The van der Waals surface area contributed by atoms with Crippen LogP contribution >= 0.6 is 33.2 Å². The summed E-state index contributed by atoms with van der Waals surface area (Å²) in [5, 5.41) is 0. The second kappa shape index (κ2) is 12.0. The third-order valence-electron chi connectivity index (χ3n) is 2.85. The van der Waals surface area contributed by atoms with Crippen LogP contribution in [-0.2, 0) is 14.6 Å². The normalized spacial score (nSPS) is 20.2. The lowest BCUT2D eigenvalue weighted by Crippen LogP contribution is -2.21. The second-order valence-corrected chi connectivity index (χ2v) is 14.4. The van der Waals surface area contributed by atoms with Crippen LogP contribution in [0.5, 0.6) is 0 Å². The summed E-state index contributed by atoms with van der Waals surface area (Å²) in [6, 6.07) is -1.89. The summed E-state index contributed by atoms with van der Waals surface area (Å²) in [7, 11) is 0. The average Bonchev–Trinajstić information content (AvgIpc) is 2.52. The van der Waals surface area contributed by atoms with E-state index in [2.05, 4.69) is 9.78 Å². The Labute approximate surface area is 162 Å². The standard InChI is InChI=1S/C15H29Cl3O3Si/c1-15(2,3)21-20-14(19)12-10-8-6-4-5-7-9-11-13-22(16,17)18/h4-13H2,1-3H3/i1D3,2D3,3D3. The fourth-order valence-electron chi connectivity index (χ4n) is 1.81. The highest BCUT2D eigenvalue weighted by atomic mass is 35.8. The lowest BCUT2D eigenvalue weighted by molar-refractivity contribution is -0.320. The van der Waals surface area contributed by atoms with Gasteiger partial charge in [0.25, 0.3) is 0 Å². The predicted molar refractivity (Wildman–Crippen MR) is 96.6 cm³/mol. The summed E-state index contributed by atoms with van der Waals surface area (Å²) in [4.78, 5) is 20.5. The van der Waals surface area contributed by atoms with Crippen molar-refractivity contribution in [2.24, 2.45) is 0 Å². The van der Waals surface area contributed by atoms with Crippen molar-refractivity contribution in [2.45, 2.75) is 90.0 Å². The van der Waals surface area contributed by atoms with E-state index < -0.39 is 38.1 Å². The number of carbonyl (C=O) groups excluding carboxylic acids is 1. The molecule has 0 aliphatic heterocycles. The Hall–Kier alpha value is 0.517. The molecule has 0 bridgehead atoms. The molecule has 0 aromatic rings. The van der Waals surface area contributed by atoms with E-state index in [1.54, 1.807) is 0 Å². The first-order chi connectivity index (χ1) is 13.9. The van der Waals surface area contributed by atoms with Crippen LogP contribution in [0, 0.1) is 0 Å². The van der Waals surface area contributed by atoms with Gasteiger partial charge in [0.2, 0.25) is 0 Å². The molecule has 0 saturated carbocycles. The Morgan fingerprint density at radius 2 is 1.45 bits per heavy atom. The van der Waals surface area contributed by atoms with Crippen molar-refractivity contribution in [1.29, 1.82) is 0 Å². The van der Waals surface area contributed by atoms with Crippen molar-refractivity contribution < 1.29 is 26.9 Å². The number of unbranched alkanes of at least 4 members (excludes halogenated alkanes) is 7. The lowest BCUT2D eigenvalue weighted by Gasteiger charge is -2.16. The number of hydrogen-bond acceptors (Lipinski definition) is 3. The van der Waals surface area contributed by atoms with E-state index in [4.69, 9.17) is 45.6 Å². The van der Waals surface area contributed by atoms with E-state index in [0.29, 0.717) is 18.9 Å². The minimum Gasteiger partial charge on any atom is -0.298 e. The number of halogens is 3. The van der Waals surface area contributed by atoms with Crippen molar-refractivity contribution in [1.82, 2.24) is 0 Å². The molecule has 0 aromatic heterocycles. The van der Waals surface area contributed by atoms with Crippen molar-refractivity contribution in [3.8, 4) is 0 Å². The molecule has 0 amide bonds. The Bertz CT molecular complexity index is 513. The third-order valence-corrected chi connectivity index (χ3v) is 5.47. The highest BCUT2D eigenvalue weighted by Gasteiger charge is 2.23. The molecule has 0 aliphatic carbocycles. The zero-order chi connectivity index (χ0) is 24.6. The molecular formula is C15H29Cl3O3Si. The van der Waals surface area contributed by atoms with Crippen LogP contribution in [0.25, 0.3) is 0 Å². The second-order valence-electron chi connectivity index (χ2n) is 5.16. The van der Waals surface area contributed by atoms with Gasteiger partial charge in [-0.1, -0.05) is 44.9 Å². The molecule has 0 unspecified atom stereocenters. The van der Waals surface area contributed by atoms with Crippen molar-refractivity contribution in [3.05, 3.63) is 0 Å². The maximum Gasteiger partial charge on any atom is 0.342 e. The monoisotopic (exact) mass is 399 g/mol. The Balaban J connectivity index is 4.32. The van der Waals surface area contributed by atoms with Gasteiger partial charge in [0.1, 0.15) is 5.60 Å². The van der Waals surface area contributed by atoms with Crippen LogP contribution in [0.4, 0.5) is 0 Å². The van der Waals surface area contributed by atoms with Gasteiger partial charge in [-0.25, -0.2) is 4.79 Å². The van der Waals surface area contributed by atoms with Gasteiger partial charge in [-0.05, 0) is 33.0 Å². The van der Waals surface area contributed by atoms with Gasteiger partial charge in [-0.2, -0.15) is 4.89 Å². The van der Waals surface area contributed by atoms with E-state index in [1.807, 2.05) is 0 Å². The molecule has 0 atom stereocenters. The maximum absolute atomic E-state index is 11.8. The molecule has 0 aromatic carbocycles. The van der Waals surface area contributed by atoms with E-state index >= 15 is 0 Å². The first-order valence-corrected chi connectivity index (χ1v) is 12.5. The zero-order valence-corrected chi connectivity index (χ0v) is 15.7. The quantitative estimate of drug-likeness (QED) is 0.124. The molecule has 132 valence electrons. The molecule has 0 saturated heterocycles. The fraction of sp³-hybridized carbons (Fsp3) is 0.933. The summed E-state index contributed by atoms with van der Waals surface area (Å²) in [6.07, 6.45) is 6.66. The van der Waals surface area contributed by atoms with Crippen molar-refractivity contribution >= 4 is 45.2 Å². The SMILES string of the molecule is [2H]C([2H])([2H])C(OOC(=O)CCCCCCCCCC[Si](Cl)(Cl)Cl)(C([2H])([2H])[2H])C([2H])([2H])[2H]. The molecule has 3 nitrogen and oxygen atoms in total. The molecule has 0 radical (unpaired) electrons. The summed E-state index contributed by atoms with van der Waals surface area (Å²) in [6.45, 7) is -10.8. The Kier molecular flexibility index (Phi) is 6.09. The first kappa shape index (κ1) is 11.2. The summed E-state index contributed by atoms with van der Waals surface area (Å²) in [5.74, 6) is -1.03. The van der Waals surface area contributed by atoms with Gasteiger partial charge in [0.15, 0.2) is 0 Å². The van der Waals surface area contributed by atoms with Gasteiger partial charge in [0, 0.05) is 18.8 Å². The van der Waals surface area contributed by atoms with Crippen LogP contribution in [0.1, 0.15) is 90.7 Å². The molecule has 7 heteroatoms. The van der Waals surface area contributed by atoms with Crippen LogP contribution in [-0.4, -0.2) is 17.6 Å². The van der Waals surface area contributed by atoms with E-state index in [9.17, 15) is 4.79 Å². The first-order valence-electron chi connectivity index (χ1n) is 11.8. The van der Waals surface area contributed by atoms with E-state index in [0.717, 1.165) is 38.5 Å². The van der Waals surface area contributed by atoms with Gasteiger partial charge in [-0.15, -0.1) is 33.2 Å². The minimum absolute atomic E-state index is 0.160. The van der Waals surface area contributed by atoms with E-state index in [1.165, 1.54) is 0 Å². The van der Waals surface area contributed by atoms with Gasteiger partial charge in [0.05, 0.1) is 0 Å². The molecule has 0 rings (SSSR count). The van der Waals surface area contributed by atoms with Gasteiger partial charge >= 0.3 is 12.0 Å². The summed E-state index contributed by atoms with van der Waals surface area (Å²) >= 11 is 17.4. The fourth-order valence-corrected chi connectivity index (χ4v) is 3.66. The van der Waals surface area contributed by atoms with Gasteiger partial charge < -0.3 is 0 Å². The summed E-state index contributed by atoms with van der Waals surface area (Å²) < 4.78 is 66.4. The smallest absolute Gasteiger partial charge is 0.298 e. The highest BCUT2D eigenvalue weighted by Crippen LogP contribution is 2.27. The number of carbonyl (C=O) groups is 1. The molecule has 22 heavy (non-hydrogen) atoms. The third kappa shape index (κ3) is 18.6. The molecule has 0 aliphatic rings. The molecular weight excluding hydrogens is 363 g/mol. The van der Waals surface area contributed by atoms with Gasteiger partial charge in [-0.3, -0.25) is 4.89 Å². The maximum atomic E-state index is 11.8. The topological polar surface area (TPSA) is 35.5 Å². The highest BCUT2D eigenvalue weighted by molar-refractivity contribution is 7.64. The number of hydrogen-bond donors (Lipinski definition) is 0. The summed E-state index contributed by atoms with van der Waals surface area (Å²) in [5.41, 5.74) is -3.64. The Morgan fingerprint density at radius 3 is 1.95 bits per heavy atom. The molecule has 0 heterocycles. The molecule has 0 N–H and O–H groups in total. The minimum atomic E-state index is -3.64. The van der Waals surface area contributed by atoms with Crippen molar-refractivity contribution in [2.75, 3.05) is 0 Å². The van der Waals surface area contributed by atoms with Crippen LogP contribution < -0.4 is 0 Å². The predicted octanol–water partition coefficient (Wildman–Crippen LogP) is 6.43. The molecule has 0 spiro atoms. The Morgan fingerprint density at radius 1 is 0.955 bits per heavy atom. The largest absolute Gasteiger partial charge is 0.342 e. The van der Waals surface area contributed by atoms with Crippen LogP contribution in [0.2, 0.25) is 6.04 Å². The van der Waals surface area contributed by atoms with Crippen molar-refractivity contribution in [3.63, 3.8) is 0 Å². The van der Waals surface area contributed by atoms with E-state index in [-0.39, 0.29) is 6.42 Å². The van der Waals surface area contributed by atoms with Crippen LogP contribution in [0.3, 0.4) is 0 Å². The zero-order valence-electron chi connectivity index (χ0n) is 21.4.